The minimum absolute atomic E-state index is 0.118. The van der Waals surface area contributed by atoms with Gasteiger partial charge in [-0.2, -0.15) is 5.10 Å². The molecule has 0 bridgehead atoms. The Morgan fingerprint density at radius 1 is 1.32 bits per heavy atom. The summed E-state index contributed by atoms with van der Waals surface area (Å²) in [5, 5.41) is 7.16. The lowest BCUT2D eigenvalue weighted by Gasteiger charge is -2.07. The smallest absolute Gasteiger partial charge is 0.165 e. The Bertz CT molecular complexity index is 596. The van der Waals surface area contributed by atoms with Gasteiger partial charge in [-0.25, -0.2) is 8.78 Å². The molecule has 6 heteroatoms. The molecule has 0 aliphatic heterocycles. The zero-order chi connectivity index (χ0) is 14.0. The van der Waals surface area contributed by atoms with Crippen molar-refractivity contribution in [1.29, 1.82) is 0 Å². The summed E-state index contributed by atoms with van der Waals surface area (Å²) < 4.78 is 34.0. The molecule has 0 fully saturated rings. The molecule has 2 rings (SSSR count). The molecule has 102 valence electrons. The van der Waals surface area contributed by atoms with Crippen LogP contribution in [0.15, 0.2) is 18.3 Å². The molecule has 4 nitrogen and oxygen atoms in total. The van der Waals surface area contributed by atoms with Gasteiger partial charge in [-0.1, -0.05) is 0 Å². The third-order valence-electron chi connectivity index (χ3n) is 2.77. The molecule has 0 saturated carbocycles. The number of ether oxygens (including phenoxy) is 1. The molecular formula is C13H15F2N3O. The maximum atomic E-state index is 14.0. The second-order valence-corrected chi connectivity index (χ2v) is 4.17. The Kier molecular flexibility index (Phi) is 3.80. The van der Waals surface area contributed by atoms with E-state index in [9.17, 15) is 8.78 Å². The van der Waals surface area contributed by atoms with Gasteiger partial charge in [-0.15, -0.1) is 0 Å². The number of nitrogens with one attached hydrogen (secondary N) is 1. The molecule has 0 amide bonds. The van der Waals surface area contributed by atoms with Crippen molar-refractivity contribution in [2.45, 2.75) is 6.54 Å². The minimum atomic E-state index is -0.611. The topological polar surface area (TPSA) is 39.1 Å². The van der Waals surface area contributed by atoms with Crippen LogP contribution in [-0.4, -0.2) is 23.9 Å². The fourth-order valence-electron chi connectivity index (χ4n) is 1.95. The van der Waals surface area contributed by atoms with Crippen LogP contribution in [0.4, 0.5) is 8.78 Å². The van der Waals surface area contributed by atoms with Gasteiger partial charge in [0.05, 0.1) is 12.8 Å². The Morgan fingerprint density at radius 2 is 2.05 bits per heavy atom. The molecule has 2 aromatic rings. The summed E-state index contributed by atoms with van der Waals surface area (Å²) in [5.74, 6) is -1.29. The molecular weight excluding hydrogens is 252 g/mol. The summed E-state index contributed by atoms with van der Waals surface area (Å²) in [6, 6.07) is 2.14. The van der Waals surface area contributed by atoms with Gasteiger partial charge in [0, 0.05) is 37.0 Å². The number of hydrogen-bond donors (Lipinski definition) is 1. The second-order valence-electron chi connectivity index (χ2n) is 4.17. The number of halogens is 2. The van der Waals surface area contributed by atoms with E-state index in [1.165, 1.54) is 7.11 Å². The van der Waals surface area contributed by atoms with E-state index in [-0.39, 0.29) is 11.3 Å². The van der Waals surface area contributed by atoms with Crippen molar-refractivity contribution in [1.82, 2.24) is 15.1 Å². The molecule has 0 saturated heterocycles. The highest BCUT2D eigenvalue weighted by Gasteiger charge is 2.17. The van der Waals surface area contributed by atoms with Crippen LogP contribution in [0.2, 0.25) is 0 Å². The van der Waals surface area contributed by atoms with Gasteiger partial charge >= 0.3 is 0 Å². The molecule has 0 aliphatic carbocycles. The van der Waals surface area contributed by atoms with Gasteiger partial charge < -0.3 is 10.1 Å². The summed E-state index contributed by atoms with van der Waals surface area (Å²) in [7, 11) is 4.81. The number of rotatable bonds is 4. The Balaban J connectivity index is 2.55. The van der Waals surface area contributed by atoms with Gasteiger partial charge in [-0.3, -0.25) is 4.68 Å². The van der Waals surface area contributed by atoms with E-state index in [4.69, 9.17) is 4.74 Å². The SMILES string of the molecule is CNCc1cn(C)nc1-c1cc(F)c(OC)cc1F. The van der Waals surface area contributed by atoms with Crippen molar-refractivity contribution in [3.63, 3.8) is 0 Å². The first-order valence-corrected chi connectivity index (χ1v) is 5.77. The number of aryl methyl sites for hydroxylation is 1. The number of methoxy groups -OCH3 is 1. The summed E-state index contributed by atoms with van der Waals surface area (Å²) in [6.45, 7) is 0.524. The predicted octanol–water partition coefficient (Wildman–Crippen LogP) is 2.09. The van der Waals surface area contributed by atoms with Crippen LogP contribution in [0.1, 0.15) is 5.56 Å². The van der Waals surface area contributed by atoms with E-state index >= 15 is 0 Å². The molecule has 19 heavy (non-hydrogen) atoms. The van der Waals surface area contributed by atoms with Crippen LogP contribution in [0.25, 0.3) is 11.3 Å². The predicted molar refractivity (Wildman–Crippen MR) is 67.9 cm³/mol. The normalized spacial score (nSPS) is 10.8. The first-order valence-electron chi connectivity index (χ1n) is 5.77. The largest absolute Gasteiger partial charge is 0.494 e. The van der Waals surface area contributed by atoms with Gasteiger partial charge in [-0.05, 0) is 13.1 Å². The first kappa shape index (κ1) is 13.5. The van der Waals surface area contributed by atoms with Crippen molar-refractivity contribution in [2.24, 2.45) is 7.05 Å². The van der Waals surface area contributed by atoms with Crippen molar-refractivity contribution < 1.29 is 13.5 Å². The Hall–Kier alpha value is -1.95. The first-order chi connectivity index (χ1) is 9.06. The average molecular weight is 267 g/mol. The lowest BCUT2D eigenvalue weighted by Crippen LogP contribution is -2.05. The highest BCUT2D eigenvalue weighted by molar-refractivity contribution is 5.64. The van der Waals surface area contributed by atoms with E-state index in [1.807, 2.05) is 0 Å². The van der Waals surface area contributed by atoms with Crippen molar-refractivity contribution in [3.05, 3.63) is 35.5 Å². The number of nitrogens with zero attached hydrogens (tertiary/aromatic N) is 2. The van der Waals surface area contributed by atoms with Crippen LogP contribution in [-0.2, 0) is 13.6 Å². The highest BCUT2D eigenvalue weighted by Crippen LogP contribution is 2.30. The highest BCUT2D eigenvalue weighted by atomic mass is 19.1. The summed E-state index contributed by atoms with van der Waals surface area (Å²) in [5.41, 5.74) is 1.36. The van der Waals surface area contributed by atoms with Crippen molar-refractivity contribution in [2.75, 3.05) is 14.2 Å². The molecule has 0 unspecified atom stereocenters. The summed E-state index contributed by atoms with van der Waals surface area (Å²) >= 11 is 0. The standard InChI is InChI=1S/C13H15F2N3O/c1-16-6-8-7-18(2)17-13(8)9-4-11(15)12(19-3)5-10(9)14/h4-5,7,16H,6H2,1-3H3. The molecule has 0 radical (unpaired) electrons. The van der Waals surface area contributed by atoms with E-state index in [1.54, 1.807) is 25.0 Å². The van der Waals surface area contributed by atoms with Gasteiger partial charge in [0.2, 0.25) is 0 Å². The molecule has 1 aromatic carbocycles. The summed E-state index contributed by atoms with van der Waals surface area (Å²) in [4.78, 5) is 0. The monoisotopic (exact) mass is 267 g/mol. The van der Waals surface area contributed by atoms with Gasteiger partial charge in [0.15, 0.2) is 11.6 Å². The van der Waals surface area contributed by atoms with Gasteiger partial charge in [0.1, 0.15) is 5.82 Å². The second kappa shape index (κ2) is 5.36. The van der Waals surface area contributed by atoms with E-state index in [0.717, 1.165) is 17.7 Å². The maximum absolute atomic E-state index is 14.0. The fraction of sp³-hybridized carbons (Fsp3) is 0.308. The Morgan fingerprint density at radius 3 is 2.68 bits per heavy atom. The minimum Gasteiger partial charge on any atom is -0.494 e. The van der Waals surface area contributed by atoms with E-state index < -0.39 is 11.6 Å². The van der Waals surface area contributed by atoms with Gasteiger partial charge in [0.25, 0.3) is 0 Å². The van der Waals surface area contributed by atoms with E-state index in [2.05, 4.69) is 10.4 Å². The fourth-order valence-corrected chi connectivity index (χ4v) is 1.95. The van der Waals surface area contributed by atoms with Crippen molar-refractivity contribution >= 4 is 0 Å². The molecule has 0 spiro atoms. The molecule has 0 aliphatic rings. The van der Waals surface area contributed by atoms with Crippen LogP contribution >= 0.6 is 0 Å². The van der Waals surface area contributed by atoms with E-state index in [0.29, 0.717) is 12.2 Å². The number of hydrogen-bond acceptors (Lipinski definition) is 3. The van der Waals surface area contributed by atoms with Crippen LogP contribution in [0.3, 0.4) is 0 Å². The number of aromatic nitrogens is 2. The third-order valence-corrected chi connectivity index (χ3v) is 2.77. The Labute approximate surface area is 110 Å². The quantitative estimate of drug-likeness (QED) is 0.922. The lowest BCUT2D eigenvalue weighted by atomic mass is 10.1. The third kappa shape index (κ3) is 2.58. The molecule has 1 heterocycles. The molecule has 1 aromatic heterocycles. The van der Waals surface area contributed by atoms with Crippen molar-refractivity contribution in [3.8, 4) is 17.0 Å². The zero-order valence-corrected chi connectivity index (χ0v) is 11.0. The van der Waals surface area contributed by atoms with Crippen LogP contribution in [0, 0.1) is 11.6 Å². The molecule has 1 N–H and O–H groups in total. The van der Waals surface area contributed by atoms with Crippen LogP contribution in [0.5, 0.6) is 5.75 Å². The van der Waals surface area contributed by atoms with Crippen LogP contribution < -0.4 is 10.1 Å². The number of benzene rings is 1. The maximum Gasteiger partial charge on any atom is 0.165 e. The lowest BCUT2D eigenvalue weighted by molar-refractivity contribution is 0.383. The molecule has 0 atom stereocenters. The summed E-state index contributed by atoms with van der Waals surface area (Å²) in [6.07, 6.45) is 1.77. The average Bonchev–Trinajstić information content (AvgIpc) is 2.73. The zero-order valence-electron chi connectivity index (χ0n) is 11.0.